The third-order valence-corrected chi connectivity index (χ3v) is 4.67. The Morgan fingerprint density at radius 1 is 0.923 bits per heavy atom. The molecule has 0 aliphatic heterocycles. The fourth-order valence-corrected chi connectivity index (χ4v) is 3.35. The summed E-state index contributed by atoms with van der Waals surface area (Å²) in [5.41, 5.74) is 11.5. The van der Waals surface area contributed by atoms with Crippen molar-refractivity contribution in [3.63, 3.8) is 0 Å². The van der Waals surface area contributed by atoms with Gasteiger partial charge in [0.2, 0.25) is 0 Å². The Hall–Kier alpha value is -3.40. The molecule has 0 fully saturated rings. The van der Waals surface area contributed by atoms with Crippen LogP contribution in [0.15, 0.2) is 73.1 Å². The summed E-state index contributed by atoms with van der Waals surface area (Å²) in [4.78, 5) is 19.2. The van der Waals surface area contributed by atoms with Crippen molar-refractivity contribution < 1.29 is 4.79 Å². The van der Waals surface area contributed by atoms with Crippen LogP contribution in [-0.4, -0.2) is 15.9 Å². The van der Waals surface area contributed by atoms with Gasteiger partial charge in [-0.15, -0.1) is 0 Å². The molecule has 0 radical (unpaired) electrons. The number of hydrogen-bond acceptors (Lipinski definition) is 2. The molecule has 0 atom stereocenters. The lowest BCUT2D eigenvalue weighted by Gasteiger charge is -2.05. The van der Waals surface area contributed by atoms with Gasteiger partial charge in [-0.3, -0.25) is 9.78 Å². The molecule has 0 aliphatic carbocycles. The third-order valence-electron chi connectivity index (χ3n) is 4.67. The van der Waals surface area contributed by atoms with Gasteiger partial charge in [-0.25, -0.2) is 0 Å². The van der Waals surface area contributed by atoms with Gasteiger partial charge in [-0.05, 0) is 59.4 Å². The van der Waals surface area contributed by atoms with Gasteiger partial charge in [0.1, 0.15) is 5.69 Å². The number of pyridine rings is 1. The maximum Gasteiger partial charge on any atom is 0.265 e. The lowest BCUT2D eigenvalue weighted by atomic mass is 9.98. The zero-order chi connectivity index (χ0) is 17.9. The fourth-order valence-electron chi connectivity index (χ4n) is 3.35. The molecule has 26 heavy (non-hydrogen) atoms. The number of hydrogen-bond donors (Lipinski definition) is 2. The summed E-state index contributed by atoms with van der Waals surface area (Å²) >= 11 is 0. The molecule has 4 rings (SSSR count). The Kier molecular flexibility index (Phi) is 4.23. The first kappa shape index (κ1) is 16.1. The molecule has 2 aromatic carbocycles. The number of amides is 1. The molecule has 4 nitrogen and oxygen atoms in total. The van der Waals surface area contributed by atoms with Gasteiger partial charge in [-0.1, -0.05) is 36.4 Å². The second kappa shape index (κ2) is 6.84. The predicted octanol–water partition coefficient (Wildman–Crippen LogP) is 4.11. The lowest BCUT2D eigenvalue weighted by Crippen LogP contribution is -2.14. The van der Waals surface area contributed by atoms with E-state index in [9.17, 15) is 4.79 Å². The molecular formula is C22H19N3O. The molecule has 2 heterocycles. The van der Waals surface area contributed by atoms with E-state index in [0.29, 0.717) is 5.69 Å². The number of aromatic amines is 1. The molecule has 1 amide bonds. The van der Waals surface area contributed by atoms with Crippen LogP contribution in [0.4, 0.5) is 0 Å². The Balaban J connectivity index is 1.77. The van der Waals surface area contributed by atoms with Crippen molar-refractivity contribution in [1.82, 2.24) is 9.97 Å². The first-order valence-corrected chi connectivity index (χ1v) is 8.61. The highest BCUT2D eigenvalue weighted by Crippen LogP contribution is 2.29. The van der Waals surface area contributed by atoms with Gasteiger partial charge in [0.15, 0.2) is 0 Å². The molecule has 3 N–H and O–H groups in total. The number of carbonyl (C=O) groups is 1. The number of benzene rings is 2. The Morgan fingerprint density at radius 3 is 2.42 bits per heavy atom. The molecule has 4 heteroatoms. The minimum atomic E-state index is -0.424. The van der Waals surface area contributed by atoms with Crippen LogP contribution in [0.3, 0.4) is 0 Å². The number of aryl methyl sites for hydroxylation is 2. The van der Waals surface area contributed by atoms with Crippen LogP contribution in [0.25, 0.3) is 22.0 Å². The van der Waals surface area contributed by atoms with Crippen molar-refractivity contribution in [2.45, 2.75) is 12.8 Å². The first-order valence-electron chi connectivity index (χ1n) is 8.61. The van der Waals surface area contributed by atoms with Gasteiger partial charge >= 0.3 is 0 Å². The average molecular weight is 341 g/mol. The zero-order valence-corrected chi connectivity index (χ0v) is 14.3. The molecule has 0 aliphatic rings. The summed E-state index contributed by atoms with van der Waals surface area (Å²) in [5.74, 6) is -0.424. The average Bonchev–Trinajstić information content (AvgIpc) is 3.06. The first-order chi connectivity index (χ1) is 12.7. The van der Waals surface area contributed by atoms with Crippen LogP contribution in [-0.2, 0) is 12.8 Å². The summed E-state index contributed by atoms with van der Waals surface area (Å²) in [6.45, 7) is 0. The second-order valence-corrected chi connectivity index (χ2v) is 6.32. The lowest BCUT2D eigenvalue weighted by molar-refractivity contribution is 0.0995. The van der Waals surface area contributed by atoms with Gasteiger partial charge in [-0.2, -0.15) is 0 Å². The summed E-state index contributed by atoms with van der Waals surface area (Å²) in [6.07, 6.45) is 5.13. The quantitative estimate of drug-likeness (QED) is 0.573. The van der Waals surface area contributed by atoms with E-state index >= 15 is 0 Å². The minimum absolute atomic E-state index is 0.424. The number of fused-ring (bicyclic) bond motifs is 1. The van der Waals surface area contributed by atoms with E-state index in [0.717, 1.165) is 40.4 Å². The fraction of sp³-hybridized carbons (Fsp3) is 0.0909. The second-order valence-electron chi connectivity index (χ2n) is 6.32. The van der Waals surface area contributed by atoms with Crippen molar-refractivity contribution >= 4 is 16.8 Å². The van der Waals surface area contributed by atoms with Crippen LogP contribution in [0, 0.1) is 0 Å². The van der Waals surface area contributed by atoms with Gasteiger partial charge < -0.3 is 10.7 Å². The van der Waals surface area contributed by atoms with Gasteiger partial charge in [0.05, 0.1) is 0 Å². The van der Waals surface area contributed by atoms with Crippen molar-refractivity contribution in [2.24, 2.45) is 5.73 Å². The van der Waals surface area contributed by atoms with E-state index < -0.39 is 5.91 Å². The topological polar surface area (TPSA) is 71.8 Å². The van der Waals surface area contributed by atoms with Crippen LogP contribution < -0.4 is 5.73 Å². The van der Waals surface area contributed by atoms with E-state index in [4.69, 9.17) is 5.73 Å². The highest BCUT2D eigenvalue weighted by molar-refractivity contribution is 6.01. The minimum Gasteiger partial charge on any atom is -0.364 e. The maximum absolute atomic E-state index is 11.9. The summed E-state index contributed by atoms with van der Waals surface area (Å²) in [7, 11) is 0. The predicted molar refractivity (Wildman–Crippen MR) is 104 cm³/mol. The standard InChI is InChI=1S/C22H19N3O/c23-22(26)21-18(8-6-15-10-12-24-13-11-15)19-14-17(7-9-20(19)25-21)16-4-2-1-3-5-16/h1-5,7,9-14,25H,6,8H2,(H2,23,26). The third kappa shape index (κ3) is 3.09. The summed E-state index contributed by atoms with van der Waals surface area (Å²) < 4.78 is 0. The van der Waals surface area contributed by atoms with E-state index in [1.54, 1.807) is 12.4 Å². The highest BCUT2D eigenvalue weighted by atomic mass is 16.1. The van der Waals surface area contributed by atoms with Crippen LogP contribution in [0.2, 0.25) is 0 Å². The largest absolute Gasteiger partial charge is 0.364 e. The summed E-state index contributed by atoms with van der Waals surface area (Å²) in [5, 5.41) is 1.05. The van der Waals surface area contributed by atoms with Gasteiger partial charge in [0, 0.05) is 23.3 Å². The molecule has 0 saturated carbocycles. The van der Waals surface area contributed by atoms with Crippen LogP contribution in [0.5, 0.6) is 0 Å². The zero-order valence-electron chi connectivity index (χ0n) is 14.3. The molecule has 4 aromatic rings. The van der Waals surface area contributed by atoms with E-state index in [2.05, 4.69) is 34.2 Å². The molecular weight excluding hydrogens is 322 g/mol. The summed E-state index contributed by atoms with van der Waals surface area (Å²) in [6, 6.07) is 20.4. The number of aromatic nitrogens is 2. The molecule has 128 valence electrons. The van der Waals surface area contributed by atoms with E-state index in [-0.39, 0.29) is 0 Å². The molecule has 0 bridgehead atoms. The number of nitrogens with one attached hydrogen (secondary N) is 1. The monoisotopic (exact) mass is 341 g/mol. The van der Waals surface area contributed by atoms with Crippen molar-refractivity contribution in [2.75, 3.05) is 0 Å². The van der Waals surface area contributed by atoms with Gasteiger partial charge in [0.25, 0.3) is 5.91 Å². The van der Waals surface area contributed by atoms with Crippen LogP contribution >= 0.6 is 0 Å². The molecule has 2 aromatic heterocycles. The Labute approximate surface area is 151 Å². The number of rotatable bonds is 5. The SMILES string of the molecule is NC(=O)c1[nH]c2ccc(-c3ccccc3)cc2c1CCc1ccncc1. The number of carbonyl (C=O) groups excluding carboxylic acids is 1. The number of nitrogens with two attached hydrogens (primary N) is 1. The Bertz CT molecular complexity index is 1050. The Morgan fingerprint density at radius 2 is 1.69 bits per heavy atom. The molecule has 0 unspecified atom stereocenters. The normalized spacial score (nSPS) is 10.9. The number of nitrogens with zero attached hydrogens (tertiary/aromatic N) is 1. The smallest absolute Gasteiger partial charge is 0.265 e. The van der Waals surface area contributed by atoms with Crippen LogP contribution in [0.1, 0.15) is 21.6 Å². The molecule has 0 spiro atoms. The number of primary amides is 1. The van der Waals surface area contributed by atoms with Crippen molar-refractivity contribution in [3.05, 3.63) is 89.9 Å². The number of H-pyrrole nitrogens is 1. The van der Waals surface area contributed by atoms with E-state index in [1.165, 1.54) is 5.56 Å². The van der Waals surface area contributed by atoms with E-state index in [1.807, 2.05) is 36.4 Å². The highest BCUT2D eigenvalue weighted by Gasteiger charge is 2.16. The maximum atomic E-state index is 11.9. The van der Waals surface area contributed by atoms with Crippen molar-refractivity contribution in [1.29, 1.82) is 0 Å². The molecule has 0 saturated heterocycles. The van der Waals surface area contributed by atoms with Crippen molar-refractivity contribution in [3.8, 4) is 11.1 Å².